The fourth-order valence-corrected chi connectivity index (χ4v) is 2.46. The van der Waals surface area contributed by atoms with Gasteiger partial charge in [0.1, 0.15) is 11.9 Å². The van der Waals surface area contributed by atoms with Gasteiger partial charge in [0.25, 0.3) is 5.91 Å². The number of phenols is 1. The van der Waals surface area contributed by atoms with Crippen LogP contribution in [0.5, 0.6) is 5.75 Å². The van der Waals surface area contributed by atoms with Crippen LogP contribution >= 0.6 is 0 Å². The molecule has 3 aliphatic heterocycles. The molecule has 4 rings (SSSR count). The monoisotopic (exact) mass is 233 g/mol. The summed E-state index contributed by atoms with van der Waals surface area (Å²) in [4.78, 5) is 13.6. The predicted molar refractivity (Wildman–Crippen MR) is 61.7 cm³/mol. The Kier molecular flexibility index (Phi) is 2.52. The van der Waals surface area contributed by atoms with Gasteiger partial charge in [0, 0.05) is 19.5 Å². The Bertz CT molecular complexity index is 440. The molecule has 1 N–H and O–H groups in total. The smallest absolute Gasteiger partial charge is 0.251 e. The van der Waals surface area contributed by atoms with Crippen molar-refractivity contribution in [2.24, 2.45) is 0 Å². The number of phenolic OH excluding ortho intramolecular Hbond substituents is 1. The molecule has 0 radical (unpaired) electrons. The lowest BCUT2D eigenvalue weighted by Gasteiger charge is -2.46. The number of fused-ring (bicyclic) bond motifs is 2. The Balaban J connectivity index is 1.61. The molecule has 3 heterocycles. The van der Waals surface area contributed by atoms with Gasteiger partial charge in [-0.1, -0.05) is 18.2 Å². The lowest BCUT2D eigenvalue weighted by atomic mass is 9.97. The van der Waals surface area contributed by atoms with Gasteiger partial charge in [0.2, 0.25) is 0 Å². The molecule has 2 bridgehead atoms. The van der Waals surface area contributed by atoms with E-state index in [9.17, 15) is 9.90 Å². The molecule has 0 saturated carbocycles. The van der Waals surface area contributed by atoms with Gasteiger partial charge < -0.3 is 14.7 Å². The number of nitrogens with zero attached hydrogens (tertiary/aromatic N) is 1. The van der Waals surface area contributed by atoms with E-state index in [2.05, 4.69) is 0 Å². The molecule has 90 valence electrons. The van der Waals surface area contributed by atoms with E-state index in [-0.39, 0.29) is 18.1 Å². The molecule has 1 aromatic carbocycles. The van der Waals surface area contributed by atoms with Crippen LogP contribution in [0.4, 0.5) is 0 Å². The van der Waals surface area contributed by atoms with Crippen LogP contribution in [0.2, 0.25) is 0 Å². The number of para-hydroxylation sites is 1. The van der Waals surface area contributed by atoms with Crippen LogP contribution in [-0.4, -0.2) is 41.2 Å². The van der Waals surface area contributed by atoms with Gasteiger partial charge in [-0.05, 0) is 18.1 Å². The first-order valence-electron chi connectivity index (χ1n) is 5.95. The van der Waals surface area contributed by atoms with E-state index in [0.717, 1.165) is 12.0 Å². The molecule has 3 aliphatic rings. The Morgan fingerprint density at radius 2 is 2.18 bits per heavy atom. The quantitative estimate of drug-likeness (QED) is 0.845. The third-order valence-corrected chi connectivity index (χ3v) is 3.49. The van der Waals surface area contributed by atoms with Crippen molar-refractivity contribution in [2.75, 3.05) is 13.1 Å². The molecule has 0 spiro atoms. The van der Waals surface area contributed by atoms with Crippen molar-refractivity contribution < 1.29 is 14.6 Å². The van der Waals surface area contributed by atoms with Crippen molar-refractivity contribution in [3.8, 4) is 5.75 Å². The van der Waals surface area contributed by atoms with Crippen LogP contribution in [0.25, 0.3) is 0 Å². The maximum atomic E-state index is 11.8. The number of carbonyl (C=O) groups is 1. The summed E-state index contributed by atoms with van der Waals surface area (Å²) in [6.45, 7) is 1.36. The number of hydrogen-bond acceptors (Lipinski definition) is 3. The van der Waals surface area contributed by atoms with E-state index in [4.69, 9.17) is 4.74 Å². The largest absolute Gasteiger partial charge is 0.508 e. The number of rotatable bonds is 3. The topological polar surface area (TPSA) is 49.8 Å². The van der Waals surface area contributed by atoms with Crippen LogP contribution in [0.1, 0.15) is 12.0 Å². The van der Waals surface area contributed by atoms with Crippen molar-refractivity contribution in [1.29, 1.82) is 0 Å². The number of amides is 1. The van der Waals surface area contributed by atoms with Crippen LogP contribution in [0.3, 0.4) is 0 Å². The third kappa shape index (κ3) is 1.89. The first kappa shape index (κ1) is 10.6. The first-order valence-corrected chi connectivity index (χ1v) is 5.95. The number of aromatic hydroxyl groups is 1. The minimum atomic E-state index is -0.196. The van der Waals surface area contributed by atoms with E-state index in [0.29, 0.717) is 25.3 Å². The molecule has 2 unspecified atom stereocenters. The highest BCUT2D eigenvalue weighted by Gasteiger charge is 2.44. The minimum absolute atomic E-state index is 0.0999. The van der Waals surface area contributed by atoms with Crippen LogP contribution < -0.4 is 0 Å². The molecule has 4 nitrogen and oxygen atoms in total. The highest BCUT2D eigenvalue weighted by Crippen LogP contribution is 2.29. The van der Waals surface area contributed by atoms with Crippen molar-refractivity contribution in [2.45, 2.75) is 25.0 Å². The summed E-state index contributed by atoms with van der Waals surface area (Å²) in [7, 11) is 0. The summed E-state index contributed by atoms with van der Waals surface area (Å²) in [5.74, 6) is 0.404. The predicted octanol–water partition coefficient (Wildman–Crippen LogP) is 0.934. The molecule has 3 fully saturated rings. The Labute approximate surface area is 99.8 Å². The number of ether oxygens (including phenoxy) is 1. The summed E-state index contributed by atoms with van der Waals surface area (Å²) < 4.78 is 5.35. The van der Waals surface area contributed by atoms with Gasteiger partial charge in [-0.15, -0.1) is 0 Å². The second-order valence-electron chi connectivity index (χ2n) is 4.65. The summed E-state index contributed by atoms with van der Waals surface area (Å²) in [6, 6.07) is 7.26. The van der Waals surface area contributed by atoms with Crippen molar-refractivity contribution in [1.82, 2.24) is 4.90 Å². The molecule has 2 atom stereocenters. The van der Waals surface area contributed by atoms with Crippen LogP contribution in [0.15, 0.2) is 24.3 Å². The average molecular weight is 233 g/mol. The zero-order chi connectivity index (χ0) is 11.8. The SMILES string of the molecule is O=C1C2CC(CN1CCc1ccccc1O)O2. The van der Waals surface area contributed by atoms with Crippen molar-refractivity contribution in [3.63, 3.8) is 0 Å². The fourth-order valence-electron chi connectivity index (χ4n) is 2.46. The average Bonchev–Trinajstić information content (AvgIpc) is 2.28. The molecular formula is C13H15NO3. The number of benzene rings is 1. The van der Waals surface area contributed by atoms with Crippen molar-refractivity contribution >= 4 is 5.91 Å². The normalized spacial score (nSPS) is 26.8. The molecular weight excluding hydrogens is 218 g/mol. The molecule has 17 heavy (non-hydrogen) atoms. The minimum Gasteiger partial charge on any atom is -0.508 e. The summed E-state index contributed by atoms with van der Waals surface area (Å²) >= 11 is 0. The highest BCUT2D eigenvalue weighted by molar-refractivity contribution is 5.83. The fraction of sp³-hybridized carbons (Fsp3) is 0.462. The molecule has 0 aromatic heterocycles. The Hall–Kier alpha value is -1.55. The van der Waals surface area contributed by atoms with Gasteiger partial charge in [-0.25, -0.2) is 0 Å². The highest BCUT2D eigenvalue weighted by atomic mass is 16.5. The molecule has 4 heteroatoms. The van der Waals surface area contributed by atoms with Gasteiger partial charge in [0.05, 0.1) is 6.10 Å². The Morgan fingerprint density at radius 1 is 1.41 bits per heavy atom. The van der Waals surface area contributed by atoms with Crippen molar-refractivity contribution in [3.05, 3.63) is 29.8 Å². The summed E-state index contributed by atoms with van der Waals surface area (Å²) in [5, 5.41) is 9.64. The number of hydrogen-bond donors (Lipinski definition) is 1. The maximum Gasteiger partial charge on any atom is 0.251 e. The number of piperidine rings is 1. The standard InChI is InChI=1S/C13H15NO3/c15-11-4-2-1-3-9(11)5-6-14-8-10-7-12(17-10)13(14)16/h1-4,10,12,15H,5-8H2. The lowest BCUT2D eigenvalue weighted by Crippen LogP contribution is -2.61. The summed E-state index contributed by atoms with van der Waals surface area (Å²) in [5.41, 5.74) is 0.889. The third-order valence-electron chi connectivity index (χ3n) is 3.49. The van der Waals surface area contributed by atoms with Gasteiger partial charge >= 0.3 is 0 Å². The van der Waals surface area contributed by atoms with E-state index in [1.54, 1.807) is 12.1 Å². The number of morpholine rings is 1. The number of carbonyl (C=O) groups excluding carboxylic acids is 1. The van der Waals surface area contributed by atoms with E-state index >= 15 is 0 Å². The molecule has 3 saturated heterocycles. The van der Waals surface area contributed by atoms with Gasteiger partial charge in [-0.3, -0.25) is 4.79 Å². The second-order valence-corrected chi connectivity index (χ2v) is 4.65. The zero-order valence-electron chi connectivity index (χ0n) is 9.50. The van der Waals surface area contributed by atoms with E-state index in [1.165, 1.54) is 0 Å². The molecule has 1 amide bonds. The van der Waals surface area contributed by atoms with E-state index < -0.39 is 0 Å². The second kappa shape index (κ2) is 4.04. The zero-order valence-corrected chi connectivity index (χ0v) is 9.50. The van der Waals surface area contributed by atoms with Gasteiger partial charge in [0.15, 0.2) is 0 Å². The summed E-state index contributed by atoms with van der Waals surface area (Å²) in [6.07, 6.45) is 1.62. The van der Waals surface area contributed by atoms with Crippen LogP contribution in [0, 0.1) is 0 Å². The maximum absolute atomic E-state index is 11.8. The van der Waals surface area contributed by atoms with Crippen LogP contribution in [-0.2, 0) is 16.0 Å². The Morgan fingerprint density at radius 3 is 2.88 bits per heavy atom. The van der Waals surface area contributed by atoms with E-state index in [1.807, 2.05) is 17.0 Å². The lowest BCUT2D eigenvalue weighted by molar-refractivity contribution is -0.197. The van der Waals surface area contributed by atoms with Gasteiger partial charge in [-0.2, -0.15) is 0 Å². The molecule has 1 aromatic rings. The molecule has 0 aliphatic carbocycles. The first-order chi connectivity index (χ1) is 8.24.